The van der Waals surface area contributed by atoms with Crippen molar-refractivity contribution in [2.24, 2.45) is 0 Å². The fourth-order valence-corrected chi connectivity index (χ4v) is 3.47. The number of benzene rings is 2. The fraction of sp³-hybridized carbons (Fsp3) is 0.316. The number of rotatable bonds is 5. The van der Waals surface area contributed by atoms with Crippen molar-refractivity contribution in [1.82, 2.24) is 4.90 Å². The predicted octanol–water partition coefficient (Wildman–Crippen LogP) is 4.30. The third-order valence-corrected chi connectivity index (χ3v) is 4.65. The van der Waals surface area contributed by atoms with E-state index in [-0.39, 0.29) is 6.42 Å². The van der Waals surface area contributed by atoms with Gasteiger partial charge in [0.1, 0.15) is 0 Å². The summed E-state index contributed by atoms with van der Waals surface area (Å²) in [6.07, 6.45) is 1.80. The van der Waals surface area contributed by atoms with Gasteiger partial charge in [-0.15, -0.1) is 0 Å². The molecule has 0 fully saturated rings. The maximum absolute atomic E-state index is 10.8. The number of hydrogen-bond donors (Lipinski definition) is 1. The van der Waals surface area contributed by atoms with Crippen molar-refractivity contribution < 1.29 is 9.90 Å². The lowest BCUT2D eigenvalue weighted by Crippen LogP contribution is -2.35. The van der Waals surface area contributed by atoms with E-state index in [1.54, 1.807) is 0 Å². The number of nitrogens with zero attached hydrogens (tertiary/aromatic N) is 1. The van der Waals surface area contributed by atoms with Crippen LogP contribution in [0, 0.1) is 0 Å². The maximum Gasteiger partial charge on any atom is 0.303 e. The fourth-order valence-electron chi connectivity index (χ4n) is 3.28. The molecule has 0 saturated carbocycles. The van der Waals surface area contributed by atoms with Gasteiger partial charge in [-0.25, -0.2) is 0 Å². The Balaban J connectivity index is 1.84. The van der Waals surface area contributed by atoms with Gasteiger partial charge in [0.2, 0.25) is 0 Å². The van der Waals surface area contributed by atoms with Gasteiger partial charge in [-0.2, -0.15) is 0 Å². The molecule has 2 aromatic carbocycles. The van der Waals surface area contributed by atoms with E-state index in [2.05, 4.69) is 35.2 Å². The minimum absolute atomic E-state index is 0.209. The highest BCUT2D eigenvalue weighted by Crippen LogP contribution is 2.34. The maximum atomic E-state index is 10.8. The Kier molecular flexibility index (Phi) is 4.99. The first-order valence-corrected chi connectivity index (χ1v) is 8.29. The molecule has 0 unspecified atom stereocenters. The van der Waals surface area contributed by atoms with Crippen LogP contribution in [-0.2, 0) is 17.8 Å². The van der Waals surface area contributed by atoms with Gasteiger partial charge >= 0.3 is 5.97 Å². The number of hydrogen-bond acceptors (Lipinski definition) is 2. The Bertz CT molecular complexity index is 687. The lowest BCUT2D eigenvalue weighted by molar-refractivity contribution is -0.137. The van der Waals surface area contributed by atoms with Crippen LogP contribution in [0.5, 0.6) is 0 Å². The zero-order valence-corrected chi connectivity index (χ0v) is 13.7. The molecule has 3 nitrogen and oxygen atoms in total. The molecule has 1 aliphatic heterocycles. The van der Waals surface area contributed by atoms with Gasteiger partial charge in [-0.3, -0.25) is 9.69 Å². The second kappa shape index (κ2) is 7.16. The second-order valence-corrected chi connectivity index (χ2v) is 6.45. The first kappa shape index (κ1) is 16.0. The molecular formula is C19H20ClNO2. The topological polar surface area (TPSA) is 40.5 Å². The Labute approximate surface area is 141 Å². The van der Waals surface area contributed by atoms with Crippen LogP contribution in [0.4, 0.5) is 0 Å². The van der Waals surface area contributed by atoms with E-state index >= 15 is 0 Å². The van der Waals surface area contributed by atoms with E-state index in [4.69, 9.17) is 16.7 Å². The predicted molar refractivity (Wildman–Crippen MR) is 91.6 cm³/mol. The first-order valence-electron chi connectivity index (χ1n) is 7.91. The Hall–Kier alpha value is -1.84. The summed E-state index contributed by atoms with van der Waals surface area (Å²) in [7, 11) is 0. The summed E-state index contributed by atoms with van der Waals surface area (Å²) in [5.74, 6) is -0.735. The lowest BCUT2D eigenvalue weighted by Gasteiger charge is -2.37. The molecule has 3 rings (SSSR count). The van der Waals surface area contributed by atoms with Crippen LogP contribution in [0.1, 0.15) is 35.6 Å². The molecule has 1 heterocycles. The summed E-state index contributed by atoms with van der Waals surface area (Å²) in [6.45, 7) is 1.59. The Morgan fingerprint density at radius 1 is 1.17 bits per heavy atom. The number of aliphatic carboxylic acids is 1. The molecule has 0 radical (unpaired) electrons. The van der Waals surface area contributed by atoms with E-state index < -0.39 is 5.97 Å². The van der Waals surface area contributed by atoms with Crippen LogP contribution in [0.15, 0.2) is 48.5 Å². The average molecular weight is 330 g/mol. The van der Waals surface area contributed by atoms with Crippen molar-refractivity contribution >= 4 is 17.6 Å². The first-order chi connectivity index (χ1) is 11.1. The minimum Gasteiger partial charge on any atom is -0.481 e. The molecule has 23 heavy (non-hydrogen) atoms. The van der Waals surface area contributed by atoms with E-state index in [0.29, 0.717) is 12.5 Å². The molecule has 2 aromatic rings. The molecule has 120 valence electrons. The van der Waals surface area contributed by atoms with Gasteiger partial charge < -0.3 is 5.11 Å². The summed E-state index contributed by atoms with van der Waals surface area (Å²) in [4.78, 5) is 13.2. The summed E-state index contributed by atoms with van der Waals surface area (Å²) in [5.41, 5.74) is 3.86. The Morgan fingerprint density at radius 2 is 1.96 bits per heavy atom. The van der Waals surface area contributed by atoms with Crippen molar-refractivity contribution in [1.29, 1.82) is 0 Å². The van der Waals surface area contributed by atoms with Gasteiger partial charge in [-0.05, 0) is 48.2 Å². The van der Waals surface area contributed by atoms with Crippen LogP contribution in [-0.4, -0.2) is 22.5 Å². The number of halogens is 1. The molecule has 4 heteroatoms. The number of carboxylic acid groups (broad SMARTS) is 1. The number of carbonyl (C=O) groups is 1. The summed E-state index contributed by atoms with van der Waals surface area (Å²) in [5, 5.41) is 9.64. The molecule has 0 aliphatic carbocycles. The van der Waals surface area contributed by atoms with Gasteiger partial charge in [-0.1, -0.05) is 48.0 Å². The van der Waals surface area contributed by atoms with Gasteiger partial charge in [0.15, 0.2) is 0 Å². The van der Waals surface area contributed by atoms with Crippen molar-refractivity contribution in [2.45, 2.75) is 31.8 Å². The normalized spacial score (nSPS) is 17.7. The van der Waals surface area contributed by atoms with Crippen LogP contribution >= 0.6 is 11.6 Å². The van der Waals surface area contributed by atoms with Gasteiger partial charge in [0, 0.05) is 24.0 Å². The smallest absolute Gasteiger partial charge is 0.303 e. The van der Waals surface area contributed by atoms with Gasteiger partial charge in [0.05, 0.1) is 0 Å². The molecule has 0 bridgehead atoms. The van der Waals surface area contributed by atoms with Crippen molar-refractivity contribution in [3.63, 3.8) is 0 Å². The zero-order valence-electron chi connectivity index (χ0n) is 12.9. The third kappa shape index (κ3) is 3.92. The number of fused-ring (bicyclic) bond motifs is 1. The largest absolute Gasteiger partial charge is 0.481 e. The van der Waals surface area contributed by atoms with E-state index in [0.717, 1.165) is 24.5 Å². The van der Waals surface area contributed by atoms with E-state index in [1.165, 1.54) is 16.7 Å². The SMILES string of the molecule is O=C(O)CCCN1Cc2cc(Cl)ccc2C[C@H]1c1ccccc1. The highest BCUT2D eigenvalue weighted by Gasteiger charge is 2.27. The molecule has 1 aliphatic rings. The standard InChI is InChI=1S/C19H20ClNO2/c20-17-9-8-15-12-18(14-5-2-1-3-6-14)21(13-16(15)11-17)10-4-7-19(22)23/h1-3,5-6,8-9,11,18H,4,7,10,12-13H2,(H,22,23)/t18-/m0/s1. The van der Waals surface area contributed by atoms with Crippen LogP contribution < -0.4 is 0 Å². The summed E-state index contributed by atoms with van der Waals surface area (Å²) in [6, 6.07) is 16.8. The van der Waals surface area contributed by atoms with E-state index in [1.807, 2.05) is 18.2 Å². The minimum atomic E-state index is -0.735. The van der Waals surface area contributed by atoms with Gasteiger partial charge in [0.25, 0.3) is 0 Å². The average Bonchev–Trinajstić information content (AvgIpc) is 2.54. The quantitative estimate of drug-likeness (QED) is 0.888. The lowest BCUT2D eigenvalue weighted by atomic mass is 9.89. The van der Waals surface area contributed by atoms with Crippen LogP contribution in [0.25, 0.3) is 0 Å². The van der Waals surface area contributed by atoms with Crippen molar-refractivity contribution in [2.75, 3.05) is 6.54 Å². The highest BCUT2D eigenvalue weighted by atomic mass is 35.5. The van der Waals surface area contributed by atoms with Crippen LogP contribution in [0.2, 0.25) is 5.02 Å². The molecule has 1 atom stereocenters. The Morgan fingerprint density at radius 3 is 2.70 bits per heavy atom. The summed E-state index contributed by atoms with van der Waals surface area (Å²) < 4.78 is 0. The molecule has 1 N–H and O–H groups in total. The van der Waals surface area contributed by atoms with E-state index in [9.17, 15) is 4.79 Å². The summed E-state index contributed by atoms with van der Waals surface area (Å²) >= 11 is 6.13. The number of carboxylic acids is 1. The second-order valence-electron chi connectivity index (χ2n) is 6.01. The van der Waals surface area contributed by atoms with Crippen molar-refractivity contribution in [3.05, 3.63) is 70.2 Å². The molecular weight excluding hydrogens is 310 g/mol. The molecule has 0 saturated heterocycles. The van der Waals surface area contributed by atoms with Crippen molar-refractivity contribution in [3.8, 4) is 0 Å². The van der Waals surface area contributed by atoms with Crippen LogP contribution in [0.3, 0.4) is 0 Å². The molecule has 0 amide bonds. The highest BCUT2D eigenvalue weighted by molar-refractivity contribution is 6.30. The molecule has 0 spiro atoms. The monoisotopic (exact) mass is 329 g/mol. The zero-order chi connectivity index (χ0) is 16.2. The third-order valence-electron chi connectivity index (χ3n) is 4.42. The molecule has 0 aromatic heterocycles.